The second kappa shape index (κ2) is 5.06. The van der Waals surface area contributed by atoms with Gasteiger partial charge in [0.2, 0.25) is 14.2 Å². The van der Waals surface area contributed by atoms with Gasteiger partial charge < -0.3 is 5.73 Å². The summed E-state index contributed by atoms with van der Waals surface area (Å²) in [6.45, 7) is 1.95. The highest BCUT2D eigenvalue weighted by atomic mass is 35.5. The van der Waals surface area contributed by atoms with E-state index >= 15 is 0 Å². The highest BCUT2D eigenvalue weighted by Crippen LogP contribution is 2.23. The van der Waals surface area contributed by atoms with Crippen molar-refractivity contribution in [1.82, 2.24) is 4.98 Å². The number of aromatic nitrogens is 1. The minimum atomic E-state index is -3.17. The molecular formula is C7H13ClN2O2S2. The molecule has 1 unspecified atom stereocenters. The second-order valence-corrected chi connectivity index (χ2v) is 6.07. The molecule has 0 saturated heterocycles. The van der Waals surface area contributed by atoms with Gasteiger partial charge in [-0.2, -0.15) is 0 Å². The van der Waals surface area contributed by atoms with E-state index in [0.717, 1.165) is 28.9 Å². The zero-order chi connectivity index (χ0) is 10.1. The summed E-state index contributed by atoms with van der Waals surface area (Å²) in [5, 5.41) is 0. The standard InChI is InChI=1S/C7H12N2O2S2.ClH/c1-3-5(8)6-4-9-7(12-6)13(2,10)11;/h4-5H,3,8H2,1-2H3;1H. The van der Waals surface area contributed by atoms with Gasteiger partial charge in [0.15, 0.2) is 0 Å². The van der Waals surface area contributed by atoms with Gasteiger partial charge in [-0.3, -0.25) is 0 Å². The molecule has 1 aromatic heterocycles. The van der Waals surface area contributed by atoms with Gasteiger partial charge in [-0.1, -0.05) is 6.92 Å². The molecule has 0 bridgehead atoms. The first-order valence-electron chi connectivity index (χ1n) is 3.86. The molecule has 1 atom stereocenters. The maximum Gasteiger partial charge on any atom is 0.209 e. The summed E-state index contributed by atoms with van der Waals surface area (Å²) in [5.74, 6) is 0. The van der Waals surface area contributed by atoms with Crippen LogP contribution in [0.4, 0.5) is 0 Å². The van der Waals surface area contributed by atoms with Crippen molar-refractivity contribution >= 4 is 33.6 Å². The normalized spacial score (nSPS) is 13.4. The van der Waals surface area contributed by atoms with Gasteiger partial charge in [0.05, 0.1) is 0 Å². The Balaban J connectivity index is 0.00000169. The average Bonchev–Trinajstić information content (AvgIpc) is 2.50. The van der Waals surface area contributed by atoms with Crippen molar-refractivity contribution in [2.24, 2.45) is 5.73 Å². The molecule has 0 fully saturated rings. The van der Waals surface area contributed by atoms with Crippen LogP contribution in [-0.2, 0) is 9.84 Å². The van der Waals surface area contributed by atoms with E-state index in [-0.39, 0.29) is 22.8 Å². The van der Waals surface area contributed by atoms with Crippen LogP contribution in [0.5, 0.6) is 0 Å². The second-order valence-electron chi connectivity index (χ2n) is 2.82. The van der Waals surface area contributed by atoms with Crippen molar-refractivity contribution in [3.05, 3.63) is 11.1 Å². The summed E-state index contributed by atoms with van der Waals surface area (Å²) >= 11 is 1.15. The Hall–Kier alpha value is -0.170. The molecule has 0 amide bonds. The van der Waals surface area contributed by atoms with E-state index < -0.39 is 9.84 Å². The summed E-state index contributed by atoms with van der Waals surface area (Å²) in [6.07, 6.45) is 3.47. The van der Waals surface area contributed by atoms with Crippen LogP contribution < -0.4 is 5.73 Å². The summed E-state index contributed by atoms with van der Waals surface area (Å²) < 4.78 is 22.3. The molecule has 0 radical (unpaired) electrons. The number of rotatable bonds is 3. The number of thiazole rings is 1. The number of sulfone groups is 1. The molecule has 4 nitrogen and oxygen atoms in total. The third-order valence-electron chi connectivity index (χ3n) is 1.62. The molecule has 14 heavy (non-hydrogen) atoms. The Labute approximate surface area is 93.9 Å². The fourth-order valence-corrected chi connectivity index (χ4v) is 2.68. The average molecular weight is 257 g/mol. The van der Waals surface area contributed by atoms with Gasteiger partial charge in [0.1, 0.15) is 0 Å². The first-order valence-corrected chi connectivity index (χ1v) is 6.57. The van der Waals surface area contributed by atoms with E-state index in [0.29, 0.717) is 0 Å². The zero-order valence-electron chi connectivity index (χ0n) is 7.93. The first-order chi connectivity index (χ1) is 5.95. The van der Waals surface area contributed by atoms with Crippen LogP contribution in [0.25, 0.3) is 0 Å². The van der Waals surface area contributed by atoms with Gasteiger partial charge in [-0.05, 0) is 6.42 Å². The number of halogens is 1. The van der Waals surface area contributed by atoms with Crippen LogP contribution in [0.3, 0.4) is 0 Å². The van der Waals surface area contributed by atoms with Crippen LogP contribution >= 0.6 is 23.7 Å². The van der Waals surface area contributed by atoms with Crippen LogP contribution in [0.1, 0.15) is 24.3 Å². The maximum absolute atomic E-state index is 11.1. The SMILES string of the molecule is CCC(N)c1cnc(S(C)(=O)=O)s1.Cl. The van der Waals surface area contributed by atoms with E-state index in [1.165, 1.54) is 6.20 Å². The van der Waals surface area contributed by atoms with Crippen molar-refractivity contribution in [2.45, 2.75) is 23.7 Å². The molecule has 2 N–H and O–H groups in total. The lowest BCUT2D eigenvalue weighted by Gasteiger charge is -2.02. The van der Waals surface area contributed by atoms with E-state index in [9.17, 15) is 8.42 Å². The van der Waals surface area contributed by atoms with Gasteiger partial charge in [-0.15, -0.1) is 23.7 Å². The van der Waals surface area contributed by atoms with Crippen LogP contribution in [0, 0.1) is 0 Å². The van der Waals surface area contributed by atoms with Crippen molar-refractivity contribution in [1.29, 1.82) is 0 Å². The minimum Gasteiger partial charge on any atom is -0.323 e. The third kappa shape index (κ3) is 3.20. The van der Waals surface area contributed by atoms with E-state index in [4.69, 9.17) is 5.73 Å². The van der Waals surface area contributed by atoms with E-state index in [1.54, 1.807) is 0 Å². The van der Waals surface area contributed by atoms with Crippen LogP contribution in [0.2, 0.25) is 0 Å². The number of nitrogens with zero attached hydrogens (tertiary/aromatic N) is 1. The molecule has 1 aromatic rings. The fraction of sp³-hybridized carbons (Fsp3) is 0.571. The first kappa shape index (κ1) is 13.8. The van der Waals surface area contributed by atoms with Crippen LogP contribution in [-0.4, -0.2) is 19.7 Å². The highest BCUT2D eigenvalue weighted by molar-refractivity contribution is 7.92. The summed E-state index contributed by atoms with van der Waals surface area (Å²) in [6, 6.07) is -0.104. The molecule has 1 rings (SSSR count). The van der Waals surface area contributed by atoms with Crippen molar-refractivity contribution in [3.63, 3.8) is 0 Å². The fourth-order valence-electron chi connectivity index (χ4n) is 0.814. The quantitative estimate of drug-likeness (QED) is 0.887. The van der Waals surface area contributed by atoms with E-state index in [1.807, 2.05) is 6.92 Å². The maximum atomic E-state index is 11.1. The monoisotopic (exact) mass is 256 g/mol. The molecule has 1 heterocycles. The van der Waals surface area contributed by atoms with Crippen LogP contribution in [0.15, 0.2) is 10.5 Å². The number of nitrogens with two attached hydrogens (primary N) is 1. The predicted molar refractivity (Wildman–Crippen MR) is 59.7 cm³/mol. The lowest BCUT2D eigenvalue weighted by molar-refractivity contribution is 0.601. The molecule has 82 valence electrons. The lowest BCUT2D eigenvalue weighted by atomic mass is 10.2. The molecule has 0 saturated carbocycles. The number of hydrogen-bond acceptors (Lipinski definition) is 5. The van der Waals surface area contributed by atoms with Crippen molar-refractivity contribution in [3.8, 4) is 0 Å². The smallest absolute Gasteiger partial charge is 0.209 e. The summed E-state index contributed by atoms with van der Waals surface area (Å²) in [7, 11) is -3.17. The Morgan fingerprint density at radius 3 is 2.57 bits per heavy atom. The van der Waals surface area contributed by atoms with E-state index in [2.05, 4.69) is 4.98 Å². The molecule has 0 aliphatic carbocycles. The zero-order valence-corrected chi connectivity index (χ0v) is 10.4. The Morgan fingerprint density at radius 2 is 2.21 bits per heavy atom. The van der Waals surface area contributed by atoms with Gasteiger partial charge in [0, 0.05) is 23.4 Å². The summed E-state index contributed by atoms with van der Waals surface area (Å²) in [5.41, 5.74) is 5.73. The van der Waals surface area contributed by atoms with Gasteiger partial charge in [0.25, 0.3) is 0 Å². The Kier molecular flexibility index (Phi) is 5.00. The molecule has 0 aromatic carbocycles. The van der Waals surface area contributed by atoms with Crippen molar-refractivity contribution < 1.29 is 8.42 Å². The molecule has 0 aliphatic heterocycles. The molecule has 0 aliphatic rings. The molecular weight excluding hydrogens is 244 g/mol. The predicted octanol–water partition coefficient (Wildman–Crippen LogP) is 1.38. The Bertz CT molecular complexity index is 388. The minimum absolute atomic E-state index is 0. The highest BCUT2D eigenvalue weighted by Gasteiger charge is 2.15. The van der Waals surface area contributed by atoms with Crippen molar-refractivity contribution in [2.75, 3.05) is 6.26 Å². The number of hydrogen-bond donors (Lipinski definition) is 1. The summed E-state index contributed by atoms with van der Waals surface area (Å²) in [4.78, 5) is 4.63. The van der Waals surface area contributed by atoms with Gasteiger partial charge >= 0.3 is 0 Å². The Morgan fingerprint density at radius 1 is 1.64 bits per heavy atom. The van der Waals surface area contributed by atoms with Gasteiger partial charge in [-0.25, -0.2) is 13.4 Å². The third-order valence-corrected chi connectivity index (χ3v) is 4.45. The topological polar surface area (TPSA) is 73.0 Å². The largest absolute Gasteiger partial charge is 0.323 e. The molecule has 7 heteroatoms. The lowest BCUT2D eigenvalue weighted by Crippen LogP contribution is -2.06. The molecule has 0 spiro atoms.